The fraction of sp³-hybridized carbons (Fsp3) is 0.278. The summed E-state index contributed by atoms with van der Waals surface area (Å²) in [6.45, 7) is 1.10. The molecule has 1 N–H and O–H groups in total. The van der Waals surface area contributed by atoms with Crippen LogP contribution in [-0.4, -0.2) is 43.8 Å². The molecule has 1 atom stereocenters. The van der Waals surface area contributed by atoms with Crippen LogP contribution < -0.4 is 9.62 Å². The summed E-state index contributed by atoms with van der Waals surface area (Å²) >= 11 is 6.14. The van der Waals surface area contributed by atoms with Crippen LogP contribution in [0.25, 0.3) is 0 Å². The van der Waals surface area contributed by atoms with E-state index in [-0.39, 0.29) is 35.5 Å². The summed E-state index contributed by atoms with van der Waals surface area (Å²) in [5, 5.41) is 3.65. The smallest absolute Gasteiger partial charge is 0.264 e. The molecule has 240 valence electrons. The van der Waals surface area contributed by atoms with Crippen molar-refractivity contribution in [3.8, 4) is 0 Å². The van der Waals surface area contributed by atoms with E-state index in [1.165, 1.54) is 35.2 Å². The number of hydrogen-bond donors (Lipinski definition) is 1. The first-order valence-corrected chi connectivity index (χ1v) is 17.2. The van der Waals surface area contributed by atoms with E-state index in [1.54, 1.807) is 36.4 Å². The average Bonchev–Trinajstić information content (AvgIpc) is 3.56. The van der Waals surface area contributed by atoms with Crippen LogP contribution in [0, 0.1) is 12.7 Å². The standard InChI is InChI=1S/C36H37ClFN3O4S/c1-26-15-21-31(22-16-26)46(44,45)41(33-14-8-7-13-32(33)38)25-35(42)40(24-28-17-19-29(37)20-18-28)34(23-27-9-3-2-4-10-27)36(43)39-30-11-5-6-12-30/h2-4,7-10,13-22,30,34H,5-6,11-12,23-25H2,1H3,(H,39,43)/t34-/m1/s1. The van der Waals surface area contributed by atoms with Crippen molar-refractivity contribution in [3.63, 3.8) is 0 Å². The van der Waals surface area contributed by atoms with Gasteiger partial charge in [-0.2, -0.15) is 0 Å². The van der Waals surface area contributed by atoms with E-state index in [0.717, 1.165) is 47.2 Å². The Balaban J connectivity index is 1.57. The Bertz CT molecular complexity index is 1750. The molecule has 0 saturated heterocycles. The topological polar surface area (TPSA) is 86.8 Å². The lowest BCUT2D eigenvalue weighted by Gasteiger charge is -2.34. The molecule has 7 nitrogen and oxygen atoms in total. The average molecular weight is 662 g/mol. The molecule has 0 bridgehead atoms. The van der Waals surface area contributed by atoms with Gasteiger partial charge in [0.2, 0.25) is 11.8 Å². The number of hydrogen-bond acceptors (Lipinski definition) is 4. The number of nitrogens with zero attached hydrogens (tertiary/aromatic N) is 2. The summed E-state index contributed by atoms with van der Waals surface area (Å²) in [6.07, 6.45) is 3.92. The van der Waals surface area contributed by atoms with Crippen molar-refractivity contribution < 1.29 is 22.4 Å². The van der Waals surface area contributed by atoms with Crippen molar-refractivity contribution in [3.05, 3.63) is 131 Å². The second-order valence-electron chi connectivity index (χ2n) is 11.6. The lowest BCUT2D eigenvalue weighted by Crippen LogP contribution is -2.54. The van der Waals surface area contributed by atoms with Crippen molar-refractivity contribution in [1.82, 2.24) is 10.2 Å². The van der Waals surface area contributed by atoms with E-state index in [4.69, 9.17) is 11.6 Å². The van der Waals surface area contributed by atoms with E-state index in [1.807, 2.05) is 37.3 Å². The Morgan fingerprint density at radius 3 is 2.15 bits per heavy atom. The van der Waals surface area contributed by atoms with Crippen LogP contribution in [-0.2, 0) is 32.6 Å². The molecule has 0 radical (unpaired) electrons. The molecule has 4 aromatic rings. The Hall–Kier alpha value is -4.21. The Kier molecular flexibility index (Phi) is 10.8. The summed E-state index contributed by atoms with van der Waals surface area (Å²) in [5.74, 6) is -1.77. The first-order valence-electron chi connectivity index (χ1n) is 15.3. The highest BCUT2D eigenvalue weighted by Crippen LogP contribution is 2.28. The number of halogens is 2. The summed E-state index contributed by atoms with van der Waals surface area (Å²) in [4.78, 5) is 29.9. The number of rotatable bonds is 12. The Morgan fingerprint density at radius 1 is 0.870 bits per heavy atom. The number of amides is 2. The SMILES string of the molecule is Cc1ccc(S(=O)(=O)N(CC(=O)N(Cc2ccc(Cl)cc2)[C@H](Cc2ccccc2)C(=O)NC2CCCC2)c2ccccc2F)cc1. The minimum absolute atomic E-state index is 0.00127. The van der Waals surface area contributed by atoms with Crippen LogP contribution in [0.1, 0.15) is 42.4 Å². The van der Waals surface area contributed by atoms with Gasteiger partial charge in [-0.05, 0) is 67.3 Å². The molecular formula is C36H37ClFN3O4S. The fourth-order valence-corrected chi connectivity index (χ4v) is 7.26. The van der Waals surface area contributed by atoms with E-state index in [0.29, 0.717) is 10.6 Å². The molecule has 5 rings (SSSR count). The van der Waals surface area contributed by atoms with Crippen molar-refractivity contribution in [1.29, 1.82) is 0 Å². The molecule has 0 aliphatic heterocycles. The second-order valence-corrected chi connectivity index (χ2v) is 13.9. The van der Waals surface area contributed by atoms with Gasteiger partial charge >= 0.3 is 0 Å². The minimum atomic E-state index is -4.40. The first-order chi connectivity index (χ1) is 22.1. The molecule has 2 amide bonds. The van der Waals surface area contributed by atoms with Crippen LogP contribution in [0.2, 0.25) is 5.02 Å². The van der Waals surface area contributed by atoms with Gasteiger partial charge in [0.25, 0.3) is 10.0 Å². The number of sulfonamides is 1. The number of para-hydroxylation sites is 1. The molecule has 0 aromatic heterocycles. The van der Waals surface area contributed by atoms with E-state index in [9.17, 15) is 18.0 Å². The zero-order chi connectivity index (χ0) is 32.7. The van der Waals surface area contributed by atoms with Crippen molar-refractivity contribution in [2.75, 3.05) is 10.8 Å². The minimum Gasteiger partial charge on any atom is -0.352 e. The summed E-state index contributed by atoms with van der Waals surface area (Å²) in [7, 11) is -4.40. The zero-order valence-electron chi connectivity index (χ0n) is 25.6. The number of benzene rings is 4. The summed E-state index contributed by atoms with van der Waals surface area (Å²) < 4.78 is 44.2. The predicted octanol–water partition coefficient (Wildman–Crippen LogP) is 6.68. The lowest BCUT2D eigenvalue weighted by atomic mass is 10.0. The van der Waals surface area contributed by atoms with Crippen molar-refractivity contribution >= 4 is 39.1 Å². The van der Waals surface area contributed by atoms with Gasteiger partial charge < -0.3 is 10.2 Å². The maximum absolute atomic E-state index is 15.3. The Morgan fingerprint density at radius 2 is 1.50 bits per heavy atom. The number of nitrogens with one attached hydrogen (secondary N) is 1. The monoisotopic (exact) mass is 661 g/mol. The molecule has 1 aliphatic rings. The van der Waals surface area contributed by atoms with Gasteiger partial charge in [-0.15, -0.1) is 0 Å². The van der Waals surface area contributed by atoms with Crippen LogP contribution in [0.3, 0.4) is 0 Å². The number of anilines is 1. The Labute approximate surface area is 275 Å². The van der Waals surface area contributed by atoms with Crippen molar-refractivity contribution in [2.45, 2.75) is 62.6 Å². The van der Waals surface area contributed by atoms with E-state index >= 15 is 4.39 Å². The van der Waals surface area contributed by atoms with Gasteiger partial charge in [-0.3, -0.25) is 13.9 Å². The molecule has 0 heterocycles. The number of aryl methyl sites for hydroxylation is 1. The zero-order valence-corrected chi connectivity index (χ0v) is 27.2. The molecule has 0 unspecified atom stereocenters. The third-order valence-corrected chi connectivity index (χ3v) is 10.3. The van der Waals surface area contributed by atoms with Gasteiger partial charge in [-0.1, -0.05) is 96.7 Å². The van der Waals surface area contributed by atoms with Crippen LogP contribution >= 0.6 is 11.6 Å². The number of carbonyl (C=O) groups is 2. The quantitative estimate of drug-likeness (QED) is 0.184. The normalized spacial score (nSPS) is 14.1. The molecule has 46 heavy (non-hydrogen) atoms. The van der Waals surface area contributed by atoms with Crippen molar-refractivity contribution in [2.24, 2.45) is 0 Å². The molecule has 1 saturated carbocycles. The highest BCUT2D eigenvalue weighted by Gasteiger charge is 2.36. The molecule has 1 fully saturated rings. The molecule has 1 aliphatic carbocycles. The van der Waals surface area contributed by atoms with Gasteiger partial charge in [0.1, 0.15) is 18.4 Å². The maximum Gasteiger partial charge on any atom is 0.264 e. The first kappa shape index (κ1) is 33.2. The molecule has 4 aromatic carbocycles. The van der Waals surface area contributed by atoms with Crippen LogP contribution in [0.5, 0.6) is 0 Å². The highest BCUT2D eigenvalue weighted by molar-refractivity contribution is 7.92. The lowest BCUT2D eigenvalue weighted by molar-refractivity contribution is -0.140. The van der Waals surface area contributed by atoms with Gasteiger partial charge in [0.05, 0.1) is 10.6 Å². The van der Waals surface area contributed by atoms with E-state index < -0.39 is 34.3 Å². The highest BCUT2D eigenvalue weighted by atomic mass is 35.5. The van der Waals surface area contributed by atoms with Crippen LogP contribution in [0.4, 0.5) is 10.1 Å². The predicted molar refractivity (Wildman–Crippen MR) is 178 cm³/mol. The molecule has 0 spiro atoms. The molecular weight excluding hydrogens is 625 g/mol. The van der Waals surface area contributed by atoms with Gasteiger partial charge in [-0.25, -0.2) is 12.8 Å². The van der Waals surface area contributed by atoms with Gasteiger partial charge in [0.15, 0.2) is 0 Å². The largest absolute Gasteiger partial charge is 0.352 e. The third-order valence-electron chi connectivity index (χ3n) is 8.25. The molecule has 10 heteroatoms. The third kappa shape index (κ3) is 8.13. The van der Waals surface area contributed by atoms with Crippen LogP contribution in [0.15, 0.2) is 108 Å². The summed E-state index contributed by atoms with van der Waals surface area (Å²) in [5.41, 5.74) is 2.11. The second kappa shape index (κ2) is 14.9. The number of carbonyl (C=O) groups excluding carboxylic acids is 2. The van der Waals surface area contributed by atoms with Gasteiger partial charge in [0, 0.05) is 24.0 Å². The maximum atomic E-state index is 15.3. The van der Waals surface area contributed by atoms with E-state index in [2.05, 4.69) is 5.32 Å². The fourth-order valence-electron chi connectivity index (χ4n) is 5.71. The summed E-state index contributed by atoms with van der Waals surface area (Å²) in [6, 6.07) is 26.9.